The van der Waals surface area contributed by atoms with E-state index in [0.29, 0.717) is 22.7 Å². The molecule has 0 radical (unpaired) electrons. The van der Waals surface area contributed by atoms with E-state index in [1.54, 1.807) is 31.2 Å². The highest BCUT2D eigenvalue weighted by molar-refractivity contribution is 7.16. The molecule has 10 nitrogen and oxygen atoms in total. The van der Waals surface area contributed by atoms with Crippen LogP contribution in [0, 0.1) is 6.92 Å². The van der Waals surface area contributed by atoms with E-state index < -0.39 is 24.5 Å². The van der Waals surface area contributed by atoms with Gasteiger partial charge in [0.1, 0.15) is 11.3 Å². The first-order chi connectivity index (χ1) is 14.9. The zero-order valence-electron chi connectivity index (χ0n) is 17.2. The minimum Gasteiger partial charge on any atom is -0.462 e. The summed E-state index contributed by atoms with van der Waals surface area (Å²) >= 11 is 1.29. The second kappa shape index (κ2) is 9.94. The van der Waals surface area contributed by atoms with Gasteiger partial charge in [0.15, 0.2) is 6.61 Å². The van der Waals surface area contributed by atoms with E-state index in [1.165, 1.54) is 22.3 Å². The van der Waals surface area contributed by atoms with Gasteiger partial charge < -0.3 is 14.8 Å². The van der Waals surface area contributed by atoms with Crippen LogP contribution in [0.3, 0.4) is 0 Å². The Hall–Kier alpha value is -3.60. The van der Waals surface area contributed by atoms with Gasteiger partial charge in [-0.3, -0.25) is 4.79 Å². The average molecular weight is 443 g/mol. The number of anilines is 1. The van der Waals surface area contributed by atoms with Gasteiger partial charge in [-0.05, 0) is 60.5 Å². The van der Waals surface area contributed by atoms with Gasteiger partial charge in [-0.1, -0.05) is 6.92 Å². The van der Waals surface area contributed by atoms with Crippen LogP contribution >= 0.6 is 11.3 Å². The van der Waals surface area contributed by atoms with Gasteiger partial charge in [-0.25, -0.2) is 14.3 Å². The molecule has 31 heavy (non-hydrogen) atoms. The summed E-state index contributed by atoms with van der Waals surface area (Å²) < 4.78 is 11.7. The molecule has 0 aliphatic rings. The SMILES string of the molecule is CCOC(=O)c1c(NC(=O)COC(=O)c2ccc(-n3cnnn3)cc2)sc(C)c1CC. The number of rotatable bonds is 8. The lowest BCUT2D eigenvalue weighted by molar-refractivity contribution is -0.119. The summed E-state index contributed by atoms with van der Waals surface area (Å²) in [5.41, 5.74) is 2.13. The van der Waals surface area contributed by atoms with Crippen molar-refractivity contribution in [2.45, 2.75) is 27.2 Å². The Balaban J connectivity index is 1.62. The standard InChI is InChI=1S/C20H21N5O5S/c1-4-15-12(3)31-18(17(15)20(28)29-5-2)22-16(26)10-30-19(27)13-6-8-14(9-7-13)25-11-21-23-24-25/h6-9,11H,4-5,10H2,1-3H3,(H,22,26). The molecule has 3 aromatic rings. The van der Waals surface area contributed by atoms with Crippen molar-refractivity contribution in [1.29, 1.82) is 0 Å². The lowest BCUT2D eigenvalue weighted by atomic mass is 10.1. The number of aromatic nitrogens is 4. The van der Waals surface area contributed by atoms with Gasteiger partial charge in [-0.15, -0.1) is 16.4 Å². The maximum Gasteiger partial charge on any atom is 0.341 e. The van der Waals surface area contributed by atoms with E-state index in [0.717, 1.165) is 10.4 Å². The molecule has 162 valence electrons. The van der Waals surface area contributed by atoms with Crippen molar-refractivity contribution in [2.75, 3.05) is 18.5 Å². The minimum absolute atomic E-state index is 0.230. The van der Waals surface area contributed by atoms with Gasteiger partial charge in [0.05, 0.1) is 23.4 Å². The van der Waals surface area contributed by atoms with Crippen LogP contribution in [0.1, 0.15) is 45.0 Å². The number of nitrogens with zero attached hydrogens (tertiary/aromatic N) is 4. The molecule has 0 aliphatic carbocycles. The Morgan fingerprint density at radius 2 is 1.84 bits per heavy atom. The van der Waals surface area contributed by atoms with Crippen LogP contribution in [0.25, 0.3) is 5.69 Å². The van der Waals surface area contributed by atoms with Crippen molar-refractivity contribution in [3.8, 4) is 5.69 Å². The Bertz CT molecular complexity index is 1080. The predicted octanol–water partition coefficient (Wildman–Crippen LogP) is 2.57. The number of nitrogens with one attached hydrogen (secondary N) is 1. The molecular weight excluding hydrogens is 422 g/mol. The van der Waals surface area contributed by atoms with E-state index in [-0.39, 0.29) is 12.2 Å². The second-order valence-electron chi connectivity index (χ2n) is 6.34. The number of benzene rings is 1. The zero-order valence-corrected chi connectivity index (χ0v) is 18.1. The molecule has 0 atom stereocenters. The lowest BCUT2D eigenvalue weighted by Gasteiger charge is -2.09. The number of esters is 2. The van der Waals surface area contributed by atoms with Gasteiger partial charge in [-0.2, -0.15) is 0 Å². The summed E-state index contributed by atoms with van der Waals surface area (Å²) in [6, 6.07) is 6.40. The largest absolute Gasteiger partial charge is 0.462 e. The first kappa shape index (κ1) is 22.1. The first-order valence-corrected chi connectivity index (χ1v) is 10.4. The third kappa shape index (κ3) is 5.12. The molecule has 3 rings (SSSR count). The van der Waals surface area contributed by atoms with Crippen molar-refractivity contribution >= 4 is 34.2 Å². The molecule has 0 spiro atoms. The fourth-order valence-electron chi connectivity index (χ4n) is 2.92. The van der Waals surface area contributed by atoms with Crippen molar-refractivity contribution in [1.82, 2.24) is 20.2 Å². The van der Waals surface area contributed by atoms with Crippen LogP contribution in [0.4, 0.5) is 5.00 Å². The van der Waals surface area contributed by atoms with Crippen LogP contribution in [0.5, 0.6) is 0 Å². The van der Waals surface area contributed by atoms with Crippen LogP contribution in [-0.2, 0) is 20.7 Å². The fourth-order valence-corrected chi connectivity index (χ4v) is 4.07. The average Bonchev–Trinajstić information content (AvgIpc) is 3.40. The predicted molar refractivity (Wildman–Crippen MR) is 112 cm³/mol. The minimum atomic E-state index is -0.652. The van der Waals surface area contributed by atoms with E-state index >= 15 is 0 Å². The highest BCUT2D eigenvalue weighted by Gasteiger charge is 2.23. The Kier molecular flexibility index (Phi) is 7.08. The third-order valence-electron chi connectivity index (χ3n) is 4.35. The number of aryl methyl sites for hydroxylation is 1. The summed E-state index contributed by atoms with van der Waals surface area (Å²) in [6.45, 7) is 5.26. The number of ether oxygens (including phenoxy) is 2. The summed E-state index contributed by atoms with van der Waals surface area (Å²) in [6.07, 6.45) is 2.06. The number of tetrazole rings is 1. The second-order valence-corrected chi connectivity index (χ2v) is 7.57. The Morgan fingerprint density at radius 1 is 1.10 bits per heavy atom. The normalized spacial score (nSPS) is 10.5. The van der Waals surface area contributed by atoms with Crippen molar-refractivity contribution in [3.05, 3.63) is 52.2 Å². The number of thiophene rings is 1. The van der Waals surface area contributed by atoms with E-state index in [2.05, 4.69) is 20.8 Å². The van der Waals surface area contributed by atoms with Crippen LogP contribution in [0.2, 0.25) is 0 Å². The maximum absolute atomic E-state index is 12.3. The Morgan fingerprint density at radius 3 is 2.45 bits per heavy atom. The summed E-state index contributed by atoms with van der Waals surface area (Å²) in [5, 5.41) is 13.9. The topological polar surface area (TPSA) is 125 Å². The third-order valence-corrected chi connectivity index (χ3v) is 5.41. The number of hydrogen-bond acceptors (Lipinski definition) is 9. The molecule has 11 heteroatoms. The highest BCUT2D eigenvalue weighted by atomic mass is 32.1. The molecule has 2 heterocycles. The molecule has 0 fully saturated rings. The molecule has 2 aromatic heterocycles. The van der Waals surface area contributed by atoms with E-state index in [9.17, 15) is 14.4 Å². The highest BCUT2D eigenvalue weighted by Crippen LogP contribution is 2.34. The van der Waals surface area contributed by atoms with Crippen LogP contribution < -0.4 is 5.32 Å². The molecule has 0 bridgehead atoms. The number of carbonyl (C=O) groups is 3. The zero-order chi connectivity index (χ0) is 22.4. The van der Waals surface area contributed by atoms with Gasteiger partial charge in [0.2, 0.25) is 0 Å². The monoisotopic (exact) mass is 443 g/mol. The van der Waals surface area contributed by atoms with E-state index in [4.69, 9.17) is 9.47 Å². The summed E-state index contributed by atoms with van der Waals surface area (Å²) in [4.78, 5) is 37.8. The number of amides is 1. The molecule has 0 saturated carbocycles. The lowest BCUT2D eigenvalue weighted by Crippen LogP contribution is -2.22. The molecule has 1 N–H and O–H groups in total. The molecule has 0 unspecified atom stereocenters. The summed E-state index contributed by atoms with van der Waals surface area (Å²) in [5.74, 6) is -1.69. The van der Waals surface area contributed by atoms with Gasteiger partial charge in [0, 0.05) is 4.88 Å². The smallest absolute Gasteiger partial charge is 0.341 e. The molecule has 0 aliphatic heterocycles. The number of carbonyl (C=O) groups excluding carboxylic acids is 3. The van der Waals surface area contributed by atoms with Gasteiger partial charge in [0.25, 0.3) is 5.91 Å². The van der Waals surface area contributed by atoms with Crippen molar-refractivity contribution in [3.63, 3.8) is 0 Å². The van der Waals surface area contributed by atoms with Crippen LogP contribution in [0.15, 0.2) is 30.6 Å². The molecular formula is C20H21N5O5S. The quantitative estimate of drug-likeness (QED) is 0.527. The molecule has 1 aromatic carbocycles. The fraction of sp³-hybridized carbons (Fsp3) is 0.300. The summed E-state index contributed by atoms with van der Waals surface area (Å²) in [7, 11) is 0. The van der Waals surface area contributed by atoms with Crippen LogP contribution in [-0.4, -0.2) is 51.3 Å². The van der Waals surface area contributed by atoms with E-state index in [1.807, 2.05) is 13.8 Å². The number of hydrogen-bond donors (Lipinski definition) is 1. The van der Waals surface area contributed by atoms with Crippen molar-refractivity contribution in [2.24, 2.45) is 0 Å². The van der Waals surface area contributed by atoms with Crippen molar-refractivity contribution < 1.29 is 23.9 Å². The van der Waals surface area contributed by atoms with Gasteiger partial charge >= 0.3 is 11.9 Å². The Labute approximate surface area is 182 Å². The molecule has 1 amide bonds. The molecule has 0 saturated heterocycles. The maximum atomic E-state index is 12.3. The first-order valence-electron chi connectivity index (χ1n) is 9.54.